The number of halogens is 2. The quantitative estimate of drug-likeness (QED) is 0.196. The van der Waals surface area contributed by atoms with E-state index in [1.807, 2.05) is 42.5 Å². The van der Waals surface area contributed by atoms with Crippen molar-refractivity contribution in [2.75, 3.05) is 0 Å². The molecule has 0 aliphatic heterocycles. The van der Waals surface area contributed by atoms with Gasteiger partial charge in [-0.05, 0) is 53.2 Å². The molecule has 0 saturated carbocycles. The van der Waals surface area contributed by atoms with Gasteiger partial charge in [0.05, 0.1) is 0 Å². The van der Waals surface area contributed by atoms with Crippen molar-refractivity contribution in [3.8, 4) is 0 Å². The molecule has 25 heavy (non-hydrogen) atoms. The monoisotopic (exact) mass is 455 g/mol. The van der Waals surface area contributed by atoms with Gasteiger partial charge in [-0.25, -0.2) is 0 Å². The van der Waals surface area contributed by atoms with Gasteiger partial charge in [0.25, 0.3) is 0 Å². The van der Waals surface area contributed by atoms with Crippen LogP contribution < -0.4 is 0 Å². The van der Waals surface area contributed by atoms with E-state index >= 15 is 0 Å². The average molecular weight is 457 g/mol. The molecule has 0 spiro atoms. The molecule has 5 heteroatoms. The van der Waals surface area contributed by atoms with Crippen molar-refractivity contribution in [3.63, 3.8) is 0 Å². The van der Waals surface area contributed by atoms with Gasteiger partial charge < -0.3 is 4.65 Å². The molecule has 0 bridgehead atoms. The molecule has 0 unspecified atom stereocenters. The van der Waals surface area contributed by atoms with Gasteiger partial charge in [0.15, 0.2) is 5.78 Å². The van der Waals surface area contributed by atoms with E-state index in [4.69, 9.17) is 4.65 Å². The molecule has 0 aliphatic rings. The molecule has 3 aromatic carbocycles. The van der Waals surface area contributed by atoms with Crippen molar-refractivity contribution in [3.05, 3.63) is 86.8 Å². The van der Waals surface area contributed by atoms with Crippen LogP contribution in [0.4, 0.5) is 0 Å². The van der Waals surface area contributed by atoms with Crippen LogP contribution in [-0.4, -0.2) is 13.3 Å². The molecule has 2 nitrogen and oxygen atoms in total. The summed E-state index contributed by atoms with van der Waals surface area (Å²) < 4.78 is 7.58. The average Bonchev–Trinajstić information content (AvgIpc) is 2.61. The number of carbonyl (C=O) groups is 1. The van der Waals surface area contributed by atoms with Crippen LogP contribution in [0.2, 0.25) is 6.82 Å². The molecule has 0 heterocycles. The van der Waals surface area contributed by atoms with Crippen molar-refractivity contribution in [2.24, 2.45) is 0 Å². The summed E-state index contributed by atoms with van der Waals surface area (Å²) in [6.07, 6.45) is 1.53. The first-order valence-corrected chi connectivity index (χ1v) is 9.31. The van der Waals surface area contributed by atoms with E-state index in [0.717, 1.165) is 25.3 Å². The lowest BCUT2D eigenvalue weighted by Crippen LogP contribution is -2.00. The van der Waals surface area contributed by atoms with Crippen LogP contribution >= 0.6 is 31.9 Å². The zero-order chi connectivity index (χ0) is 17.8. The van der Waals surface area contributed by atoms with E-state index in [1.54, 1.807) is 26.4 Å². The second kappa shape index (κ2) is 8.02. The van der Waals surface area contributed by atoms with Gasteiger partial charge >= 0.3 is 7.48 Å². The highest BCUT2D eigenvalue weighted by molar-refractivity contribution is 9.10. The molecule has 0 aliphatic carbocycles. The number of allylic oxidation sites excluding steroid dienone is 1. The Kier molecular flexibility index (Phi) is 5.76. The third-order valence-electron chi connectivity index (χ3n) is 3.72. The van der Waals surface area contributed by atoms with Crippen molar-refractivity contribution >= 4 is 61.7 Å². The summed E-state index contributed by atoms with van der Waals surface area (Å²) in [6.45, 7) is 1.79. The maximum atomic E-state index is 12.5. The fourth-order valence-electron chi connectivity index (χ4n) is 2.50. The highest BCUT2D eigenvalue weighted by atomic mass is 79.9. The number of hydrogen-bond acceptors (Lipinski definition) is 2. The van der Waals surface area contributed by atoms with Crippen LogP contribution in [0.5, 0.6) is 0 Å². The van der Waals surface area contributed by atoms with Crippen molar-refractivity contribution in [1.82, 2.24) is 0 Å². The summed E-state index contributed by atoms with van der Waals surface area (Å²) >= 11 is 6.85. The number of rotatable bonds is 5. The lowest BCUT2D eigenvalue weighted by molar-refractivity contribution is 0.104. The molecular formula is C20H14BBr2O2. The lowest BCUT2D eigenvalue weighted by Gasteiger charge is -2.10. The lowest BCUT2D eigenvalue weighted by atomic mass is 10.0. The molecule has 0 fully saturated rings. The molecule has 3 aromatic rings. The second-order valence-corrected chi connectivity index (χ2v) is 7.27. The fourth-order valence-corrected chi connectivity index (χ4v) is 3.14. The Morgan fingerprint density at radius 1 is 0.880 bits per heavy atom. The van der Waals surface area contributed by atoms with Crippen LogP contribution in [0.1, 0.15) is 15.9 Å². The number of fused-ring (bicyclic) bond motifs is 1. The van der Waals surface area contributed by atoms with Gasteiger partial charge in [-0.3, -0.25) is 4.79 Å². The predicted octanol–water partition coefficient (Wildman–Crippen LogP) is 6.27. The molecule has 0 N–H and O–H groups in total. The maximum absolute atomic E-state index is 12.5. The molecule has 0 amide bonds. The highest BCUT2D eigenvalue weighted by Crippen LogP contribution is 2.25. The summed E-state index contributed by atoms with van der Waals surface area (Å²) in [5.74, 6) is 0.431. The first-order chi connectivity index (χ1) is 12.1. The standard InChI is InChI=1S/C20H14BBr2O2/c1-21-25-20(12-19(24)13-4-7-17(22)8-5-13)16-3-2-15-11-18(23)9-6-14(15)10-16/h2-12H,1H3/b20-12-. The molecule has 1 radical (unpaired) electrons. The normalized spacial score (nSPS) is 11.4. The predicted molar refractivity (Wildman–Crippen MR) is 111 cm³/mol. The minimum absolute atomic E-state index is 0.0970. The van der Waals surface area contributed by atoms with Crippen molar-refractivity contribution in [2.45, 2.75) is 6.82 Å². The molecule has 0 saturated heterocycles. The van der Waals surface area contributed by atoms with Crippen LogP contribution in [-0.2, 0) is 4.65 Å². The number of ketones is 1. The zero-order valence-corrected chi connectivity index (χ0v) is 16.7. The van der Waals surface area contributed by atoms with Crippen LogP contribution in [0.25, 0.3) is 16.5 Å². The Hall–Kier alpha value is -1.85. The van der Waals surface area contributed by atoms with E-state index in [0.29, 0.717) is 11.3 Å². The smallest absolute Gasteiger partial charge is 0.366 e. The molecule has 0 aromatic heterocycles. The van der Waals surface area contributed by atoms with E-state index in [-0.39, 0.29) is 5.78 Å². The van der Waals surface area contributed by atoms with Gasteiger partial charge in [0.2, 0.25) is 0 Å². The first kappa shape index (κ1) is 18.0. The Balaban J connectivity index is 1.98. The minimum Gasteiger partial charge on any atom is -0.563 e. The fraction of sp³-hybridized carbons (Fsp3) is 0.0500. The molecule has 3 rings (SSSR count). The van der Waals surface area contributed by atoms with Gasteiger partial charge in [0, 0.05) is 26.1 Å². The summed E-state index contributed by atoms with van der Waals surface area (Å²) in [4.78, 5) is 12.5. The Labute approximate surface area is 164 Å². The third-order valence-corrected chi connectivity index (χ3v) is 4.74. The molecular weight excluding hydrogens is 443 g/mol. The van der Waals surface area contributed by atoms with Crippen molar-refractivity contribution < 1.29 is 9.45 Å². The SMILES string of the molecule is C[B]O/C(=C\C(=O)c1ccc(Br)cc1)c1ccc2cc(Br)ccc2c1. The van der Waals surface area contributed by atoms with Crippen LogP contribution in [0, 0.1) is 0 Å². The number of carbonyl (C=O) groups excluding carboxylic acids is 1. The summed E-state index contributed by atoms with van der Waals surface area (Å²) in [6, 6.07) is 19.4. The van der Waals surface area contributed by atoms with Crippen LogP contribution in [0.15, 0.2) is 75.7 Å². The Morgan fingerprint density at radius 3 is 2.20 bits per heavy atom. The third kappa shape index (κ3) is 4.41. The summed E-state index contributed by atoms with van der Waals surface area (Å²) in [5, 5.41) is 2.21. The Bertz CT molecular complexity index is 950. The van der Waals surface area contributed by atoms with E-state index in [9.17, 15) is 4.79 Å². The maximum Gasteiger partial charge on any atom is 0.366 e. The Morgan fingerprint density at radius 2 is 1.48 bits per heavy atom. The van der Waals surface area contributed by atoms with E-state index < -0.39 is 0 Å². The number of benzene rings is 3. The number of hydrogen-bond donors (Lipinski definition) is 0. The van der Waals surface area contributed by atoms with E-state index in [2.05, 4.69) is 37.9 Å². The topological polar surface area (TPSA) is 26.3 Å². The van der Waals surface area contributed by atoms with E-state index in [1.165, 1.54) is 6.08 Å². The molecule has 123 valence electrons. The van der Waals surface area contributed by atoms with Gasteiger partial charge in [-0.15, -0.1) is 0 Å². The largest absolute Gasteiger partial charge is 0.563 e. The second-order valence-electron chi connectivity index (χ2n) is 5.44. The van der Waals surface area contributed by atoms with Gasteiger partial charge in [-0.1, -0.05) is 56.9 Å². The van der Waals surface area contributed by atoms with Gasteiger partial charge in [-0.2, -0.15) is 0 Å². The van der Waals surface area contributed by atoms with Crippen molar-refractivity contribution in [1.29, 1.82) is 0 Å². The minimum atomic E-state index is -0.0970. The first-order valence-electron chi connectivity index (χ1n) is 7.72. The highest BCUT2D eigenvalue weighted by Gasteiger charge is 2.09. The summed E-state index contributed by atoms with van der Waals surface area (Å²) in [7, 11) is 1.58. The van der Waals surface area contributed by atoms with Gasteiger partial charge in [0.1, 0.15) is 5.76 Å². The zero-order valence-electron chi connectivity index (χ0n) is 13.5. The van der Waals surface area contributed by atoms with Crippen LogP contribution in [0.3, 0.4) is 0 Å². The molecule has 0 atom stereocenters. The summed E-state index contributed by atoms with van der Waals surface area (Å²) in [5.41, 5.74) is 1.48.